The average molecular weight is 474 g/mol. The molecule has 1 aromatic carbocycles. The van der Waals surface area contributed by atoms with Gasteiger partial charge < -0.3 is 10.2 Å². The number of likely N-dealkylation sites (tertiary alicyclic amines) is 1. The molecule has 1 N–H and O–H groups in total. The number of carbonyl (C=O) groups excluding carboxylic acids is 1. The van der Waals surface area contributed by atoms with Crippen LogP contribution in [-0.2, 0) is 10.0 Å². The number of hydrogen-bond acceptors (Lipinski definition) is 5. The van der Waals surface area contributed by atoms with E-state index in [2.05, 4.69) is 17.1 Å². The Hall–Kier alpha value is -0.800. The predicted octanol–water partition coefficient (Wildman–Crippen LogP) is 3.46. The van der Waals surface area contributed by atoms with Crippen molar-refractivity contribution in [3.05, 3.63) is 28.8 Å². The molecule has 0 aliphatic carbocycles. The predicted molar refractivity (Wildman–Crippen MR) is 124 cm³/mol. The van der Waals surface area contributed by atoms with Crippen LogP contribution in [0, 0.1) is 0 Å². The molecule has 1 unspecified atom stereocenters. The number of rotatable bonds is 7. The normalized spacial score (nSPS) is 20.5. The van der Waals surface area contributed by atoms with E-state index in [-0.39, 0.29) is 21.4 Å². The minimum atomic E-state index is -3.61. The van der Waals surface area contributed by atoms with Crippen LogP contribution >= 0.6 is 23.4 Å². The van der Waals surface area contributed by atoms with Gasteiger partial charge in [0, 0.05) is 37.2 Å². The van der Waals surface area contributed by atoms with Crippen molar-refractivity contribution in [3.8, 4) is 0 Å². The quantitative estimate of drug-likeness (QED) is 0.656. The highest BCUT2D eigenvalue weighted by molar-refractivity contribution is 7.99. The van der Waals surface area contributed by atoms with E-state index in [1.54, 1.807) is 11.8 Å². The molecule has 1 amide bonds. The van der Waals surface area contributed by atoms with Gasteiger partial charge in [0.1, 0.15) is 0 Å². The maximum absolute atomic E-state index is 12.9. The number of carbonyl (C=O) groups is 1. The van der Waals surface area contributed by atoms with Gasteiger partial charge in [0.05, 0.1) is 15.5 Å². The minimum absolute atomic E-state index is 0.127. The number of nitrogens with one attached hydrogen (secondary N) is 1. The zero-order valence-corrected chi connectivity index (χ0v) is 20.0. The summed E-state index contributed by atoms with van der Waals surface area (Å²) in [6, 6.07) is 4.80. The Morgan fingerprint density at radius 3 is 2.47 bits per heavy atom. The summed E-state index contributed by atoms with van der Waals surface area (Å²) < 4.78 is 27.3. The Morgan fingerprint density at radius 2 is 1.80 bits per heavy atom. The van der Waals surface area contributed by atoms with Crippen LogP contribution in [0.5, 0.6) is 0 Å². The SMILES string of the molecule is CC(CCNC(=O)c1cc(S(=O)(=O)N2CCSCC2)ccc1Cl)N1CCCCCC1. The first kappa shape index (κ1) is 23.9. The Bertz CT molecular complexity index is 821. The van der Waals surface area contributed by atoms with Crippen LogP contribution in [0.25, 0.3) is 0 Å². The van der Waals surface area contributed by atoms with Gasteiger partial charge in [0.2, 0.25) is 10.0 Å². The van der Waals surface area contributed by atoms with Gasteiger partial charge in [-0.2, -0.15) is 16.1 Å². The molecule has 0 saturated carbocycles. The molecule has 6 nitrogen and oxygen atoms in total. The van der Waals surface area contributed by atoms with Crippen molar-refractivity contribution < 1.29 is 13.2 Å². The van der Waals surface area contributed by atoms with Crippen LogP contribution in [0.3, 0.4) is 0 Å². The van der Waals surface area contributed by atoms with E-state index >= 15 is 0 Å². The standard InChI is InChI=1S/C21H32ClN3O3S2/c1-17(24-10-4-2-3-5-11-24)8-9-23-21(26)19-16-18(6-7-20(19)22)30(27,28)25-12-14-29-15-13-25/h6-7,16-17H,2-5,8-15H2,1H3,(H,23,26). The van der Waals surface area contributed by atoms with Crippen molar-refractivity contribution >= 4 is 39.3 Å². The fourth-order valence-corrected chi connectivity index (χ4v) is 6.79. The molecule has 9 heteroatoms. The highest BCUT2D eigenvalue weighted by atomic mass is 35.5. The summed E-state index contributed by atoms with van der Waals surface area (Å²) in [4.78, 5) is 15.3. The van der Waals surface area contributed by atoms with Gasteiger partial charge in [0.25, 0.3) is 5.91 Å². The van der Waals surface area contributed by atoms with E-state index in [0.29, 0.717) is 25.7 Å². The number of thioether (sulfide) groups is 1. The average Bonchev–Trinajstić information content (AvgIpc) is 3.04. The van der Waals surface area contributed by atoms with Crippen molar-refractivity contribution in [2.75, 3.05) is 44.2 Å². The van der Waals surface area contributed by atoms with Gasteiger partial charge in [-0.3, -0.25) is 4.79 Å². The van der Waals surface area contributed by atoms with Crippen molar-refractivity contribution in [1.82, 2.24) is 14.5 Å². The van der Waals surface area contributed by atoms with E-state index in [4.69, 9.17) is 11.6 Å². The molecule has 30 heavy (non-hydrogen) atoms. The lowest BCUT2D eigenvalue weighted by Crippen LogP contribution is -2.38. The molecule has 0 bridgehead atoms. The summed E-state index contributed by atoms with van der Waals surface area (Å²) in [6.45, 7) is 5.96. The minimum Gasteiger partial charge on any atom is -0.352 e. The second kappa shape index (κ2) is 11.2. The molecule has 2 aliphatic rings. The molecule has 3 rings (SSSR count). The van der Waals surface area contributed by atoms with Crippen LogP contribution in [-0.4, -0.2) is 73.8 Å². The highest BCUT2D eigenvalue weighted by Crippen LogP contribution is 2.25. The van der Waals surface area contributed by atoms with Gasteiger partial charge in [-0.1, -0.05) is 24.4 Å². The van der Waals surface area contributed by atoms with Gasteiger partial charge >= 0.3 is 0 Å². The van der Waals surface area contributed by atoms with Crippen molar-refractivity contribution in [2.24, 2.45) is 0 Å². The van der Waals surface area contributed by atoms with E-state index in [0.717, 1.165) is 31.0 Å². The van der Waals surface area contributed by atoms with Gasteiger partial charge in [0.15, 0.2) is 0 Å². The first-order chi connectivity index (χ1) is 14.4. The third-order valence-corrected chi connectivity index (χ3v) is 9.07. The second-order valence-electron chi connectivity index (χ2n) is 8.00. The number of sulfonamides is 1. The summed E-state index contributed by atoms with van der Waals surface area (Å²) in [5.41, 5.74) is 0.214. The molecular formula is C21H32ClN3O3S2. The molecule has 0 radical (unpaired) electrons. The van der Waals surface area contributed by atoms with Crippen molar-refractivity contribution in [2.45, 2.75) is 50.0 Å². The lowest BCUT2D eigenvalue weighted by molar-refractivity contribution is 0.0948. The maximum atomic E-state index is 12.9. The van der Waals surface area contributed by atoms with Crippen LogP contribution in [0.1, 0.15) is 49.4 Å². The molecule has 2 aliphatic heterocycles. The van der Waals surface area contributed by atoms with E-state index in [1.165, 1.54) is 48.2 Å². The lowest BCUT2D eigenvalue weighted by Gasteiger charge is -2.27. The van der Waals surface area contributed by atoms with Crippen molar-refractivity contribution in [3.63, 3.8) is 0 Å². The molecule has 1 aromatic rings. The van der Waals surface area contributed by atoms with E-state index < -0.39 is 10.0 Å². The van der Waals surface area contributed by atoms with Gasteiger partial charge in [-0.05, 0) is 57.5 Å². The molecule has 168 valence electrons. The molecule has 1 atom stereocenters. The van der Waals surface area contributed by atoms with Gasteiger partial charge in [-0.25, -0.2) is 8.42 Å². The van der Waals surface area contributed by atoms with E-state index in [9.17, 15) is 13.2 Å². The first-order valence-corrected chi connectivity index (χ1v) is 13.8. The van der Waals surface area contributed by atoms with Crippen LogP contribution in [0.2, 0.25) is 5.02 Å². The summed E-state index contributed by atoms with van der Waals surface area (Å²) in [5.74, 6) is 1.25. The van der Waals surface area contributed by atoms with Crippen LogP contribution in [0.4, 0.5) is 0 Å². The molecule has 2 heterocycles. The zero-order chi connectivity index (χ0) is 21.6. The smallest absolute Gasteiger partial charge is 0.252 e. The number of hydrogen-bond donors (Lipinski definition) is 1. The number of halogens is 1. The Balaban J connectivity index is 1.60. The molecular weight excluding hydrogens is 442 g/mol. The summed E-state index contributed by atoms with van der Waals surface area (Å²) >= 11 is 7.98. The monoisotopic (exact) mass is 473 g/mol. The first-order valence-electron chi connectivity index (χ1n) is 10.8. The zero-order valence-electron chi connectivity index (χ0n) is 17.6. The van der Waals surface area contributed by atoms with Crippen LogP contribution < -0.4 is 5.32 Å². The fourth-order valence-electron chi connectivity index (χ4n) is 3.98. The lowest BCUT2D eigenvalue weighted by atomic mass is 10.1. The number of amides is 1. The third-order valence-electron chi connectivity index (χ3n) is 5.90. The summed E-state index contributed by atoms with van der Waals surface area (Å²) in [7, 11) is -3.61. The van der Waals surface area contributed by atoms with Gasteiger partial charge in [-0.15, -0.1) is 0 Å². The van der Waals surface area contributed by atoms with Crippen LogP contribution in [0.15, 0.2) is 23.1 Å². The second-order valence-corrected chi connectivity index (χ2v) is 11.6. The van der Waals surface area contributed by atoms with Crippen molar-refractivity contribution in [1.29, 1.82) is 0 Å². The molecule has 2 saturated heterocycles. The fraction of sp³-hybridized carbons (Fsp3) is 0.667. The molecule has 0 spiro atoms. The number of benzene rings is 1. The highest BCUT2D eigenvalue weighted by Gasteiger charge is 2.27. The molecule has 2 fully saturated rings. The third kappa shape index (κ3) is 6.13. The molecule has 0 aromatic heterocycles. The summed E-state index contributed by atoms with van der Waals surface area (Å²) in [6.07, 6.45) is 5.93. The van der Waals surface area contributed by atoms with E-state index in [1.807, 2.05) is 0 Å². The Morgan fingerprint density at radius 1 is 1.13 bits per heavy atom. The topological polar surface area (TPSA) is 69.7 Å². The Kier molecular flexibility index (Phi) is 8.89. The largest absolute Gasteiger partial charge is 0.352 e. The maximum Gasteiger partial charge on any atom is 0.252 e. The Labute approximate surface area is 189 Å². The number of nitrogens with zero attached hydrogens (tertiary/aromatic N) is 2. The summed E-state index contributed by atoms with van der Waals surface area (Å²) in [5, 5.41) is 3.19.